The predicted octanol–water partition coefficient (Wildman–Crippen LogP) is 11.6. The fraction of sp³-hybridized carbons (Fsp3) is 0.255. The van der Waals surface area contributed by atoms with Crippen molar-refractivity contribution >= 4 is 12.0 Å². The Balaban J connectivity index is 0.000000182. The number of imidazole rings is 1. The quantitative estimate of drug-likeness (QED) is 0.150. The molecule has 0 fully saturated rings. The monoisotopic (exact) mass is 875 g/mol. The summed E-state index contributed by atoms with van der Waals surface area (Å²) in [5.41, 5.74) is 13.8. The Hall–Kier alpha value is -4.77. The molecule has 8 rings (SSSR count). The maximum atomic E-state index is 4.68. The van der Waals surface area contributed by atoms with Crippen molar-refractivity contribution in [3.05, 3.63) is 157 Å². The molecular formula is C47H48IrN5. The van der Waals surface area contributed by atoms with Gasteiger partial charge in [-0.15, -0.1) is 59.8 Å². The maximum absolute atomic E-state index is 4.68. The van der Waals surface area contributed by atoms with Crippen LogP contribution in [-0.4, -0.2) is 26.8 Å². The number of hydrogen-bond acceptors (Lipinski definition) is 4. The SMILES string of the molecule is CC(C)N1C=NN(c2[c-]cc3c(c2)C(C)(C)c2ccccc2-3)[CH-]1.CC(C)c1cc(-c2ccccc2)cc(C(C)C)c1-n1ccnc1-c1[c-]cccc1.[Ir+3]. The molecule has 0 radical (unpaired) electrons. The van der Waals surface area contributed by atoms with Crippen molar-refractivity contribution in [2.75, 3.05) is 5.01 Å². The third kappa shape index (κ3) is 7.40. The Morgan fingerprint density at radius 3 is 2.04 bits per heavy atom. The van der Waals surface area contributed by atoms with E-state index in [2.05, 4.69) is 178 Å². The fourth-order valence-electron chi connectivity index (χ4n) is 7.30. The van der Waals surface area contributed by atoms with Crippen LogP contribution in [0.25, 0.3) is 39.3 Å². The van der Waals surface area contributed by atoms with E-state index in [1.54, 1.807) is 0 Å². The molecule has 270 valence electrons. The van der Waals surface area contributed by atoms with Crippen LogP contribution in [-0.2, 0) is 25.5 Å². The summed E-state index contributed by atoms with van der Waals surface area (Å²) in [6, 6.07) is 43.5. The van der Waals surface area contributed by atoms with Gasteiger partial charge in [0.05, 0.1) is 12.2 Å². The van der Waals surface area contributed by atoms with E-state index >= 15 is 0 Å². The zero-order chi connectivity index (χ0) is 36.6. The van der Waals surface area contributed by atoms with Gasteiger partial charge in [0, 0.05) is 18.1 Å². The van der Waals surface area contributed by atoms with Crippen LogP contribution in [0.3, 0.4) is 0 Å². The van der Waals surface area contributed by atoms with E-state index in [0.29, 0.717) is 17.9 Å². The van der Waals surface area contributed by atoms with Crippen LogP contribution in [0.2, 0.25) is 0 Å². The predicted molar refractivity (Wildman–Crippen MR) is 217 cm³/mol. The van der Waals surface area contributed by atoms with Crippen molar-refractivity contribution in [1.29, 1.82) is 0 Å². The third-order valence-corrected chi connectivity index (χ3v) is 10.2. The van der Waals surface area contributed by atoms with Crippen LogP contribution in [0.15, 0.2) is 121 Å². The van der Waals surface area contributed by atoms with Gasteiger partial charge in [0.25, 0.3) is 0 Å². The van der Waals surface area contributed by atoms with Crippen molar-refractivity contribution in [1.82, 2.24) is 14.5 Å². The average molecular weight is 875 g/mol. The molecule has 6 heteroatoms. The molecule has 0 spiro atoms. The molecule has 1 aromatic heterocycles. The van der Waals surface area contributed by atoms with Gasteiger partial charge in [0.1, 0.15) is 0 Å². The molecular weight excluding hydrogens is 827 g/mol. The second kappa shape index (κ2) is 15.7. The van der Waals surface area contributed by atoms with Crippen LogP contribution in [0.4, 0.5) is 5.69 Å². The first kappa shape index (κ1) is 38.0. The molecule has 0 amide bonds. The van der Waals surface area contributed by atoms with E-state index in [1.165, 1.54) is 50.2 Å². The summed E-state index contributed by atoms with van der Waals surface area (Å²) >= 11 is 0. The number of nitrogens with zero attached hydrogens (tertiary/aromatic N) is 5. The van der Waals surface area contributed by atoms with Crippen molar-refractivity contribution in [3.8, 4) is 39.3 Å². The third-order valence-electron chi connectivity index (χ3n) is 10.2. The molecule has 2 aliphatic rings. The molecule has 6 aromatic rings. The van der Waals surface area contributed by atoms with Gasteiger partial charge in [-0.05, 0) is 77.1 Å². The topological polar surface area (TPSA) is 36.7 Å². The molecule has 0 N–H and O–H groups in total. The molecule has 0 saturated carbocycles. The smallest absolute Gasteiger partial charge is 0.489 e. The average Bonchev–Trinajstić information content (AvgIpc) is 3.90. The molecule has 5 nitrogen and oxygen atoms in total. The van der Waals surface area contributed by atoms with Gasteiger partial charge < -0.3 is 14.5 Å². The van der Waals surface area contributed by atoms with E-state index < -0.39 is 0 Å². The Morgan fingerprint density at radius 2 is 1.40 bits per heavy atom. The molecule has 2 heterocycles. The first-order valence-corrected chi connectivity index (χ1v) is 18.4. The largest absolute Gasteiger partial charge is 3.00 e. The summed E-state index contributed by atoms with van der Waals surface area (Å²) in [5, 5.41) is 6.38. The van der Waals surface area contributed by atoms with E-state index in [4.69, 9.17) is 0 Å². The molecule has 1 aliphatic heterocycles. The maximum Gasteiger partial charge on any atom is 3.00 e. The number of aromatic nitrogens is 2. The van der Waals surface area contributed by atoms with Crippen molar-refractivity contribution < 1.29 is 20.1 Å². The molecule has 0 saturated heterocycles. The Bertz CT molecular complexity index is 2170. The summed E-state index contributed by atoms with van der Waals surface area (Å²) in [6.45, 7) is 20.0. The van der Waals surface area contributed by atoms with Crippen molar-refractivity contribution in [2.24, 2.45) is 5.10 Å². The first-order chi connectivity index (χ1) is 25.0. The fourth-order valence-corrected chi connectivity index (χ4v) is 7.30. The van der Waals surface area contributed by atoms with Gasteiger partial charge in [0.2, 0.25) is 0 Å². The summed E-state index contributed by atoms with van der Waals surface area (Å²) in [6.07, 6.45) is 5.83. The number of hydrazone groups is 1. The van der Waals surface area contributed by atoms with Gasteiger partial charge in [-0.3, -0.25) is 4.98 Å². The standard InChI is InChI=1S/C27H27N2.C20H21N3.Ir/c1-19(2)24-17-23(21-11-7-5-8-12-21)18-25(20(3)4)26(24)29-16-15-28-27(29)22-13-9-6-10-14-22;1-14(2)22-12-21-23(13-22)15-9-10-17-16-7-5-6-8-18(16)20(3,4)19(17)11-15;/h5-13,15-20H,1-4H3;5-8,10-14H,1-4H3;/q-1;-2;+3. The molecule has 0 atom stereocenters. The van der Waals surface area contributed by atoms with Gasteiger partial charge in [0.15, 0.2) is 0 Å². The number of anilines is 1. The molecule has 0 bridgehead atoms. The summed E-state index contributed by atoms with van der Waals surface area (Å²) in [5.74, 6) is 1.71. The van der Waals surface area contributed by atoms with Crippen LogP contribution in [0.1, 0.15) is 89.5 Å². The minimum Gasteiger partial charge on any atom is -0.489 e. The van der Waals surface area contributed by atoms with Crippen molar-refractivity contribution in [2.45, 2.75) is 78.7 Å². The Morgan fingerprint density at radius 1 is 0.717 bits per heavy atom. The zero-order valence-electron chi connectivity index (χ0n) is 31.9. The van der Waals surface area contributed by atoms with Crippen LogP contribution in [0, 0.1) is 18.8 Å². The van der Waals surface area contributed by atoms with Crippen molar-refractivity contribution in [3.63, 3.8) is 0 Å². The van der Waals surface area contributed by atoms with E-state index in [-0.39, 0.29) is 25.5 Å². The summed E-state index contributed by atoms with van der Waals surface area (Å²) in [4.78, 5) is 6.77. The van der Waals surface area contributed by atoms with Gasteiger partial charge in [-0.25, -0.2) is 0 Å². The van der Waals surface area contributed by atoms with Gasteiger partial charge in [-0.2, -0.15) is 17.2 Å². The summed E-state index contributed by atoms with van der Waals surface area (Å²) in [7, 11) is 0. The van der Waals surface area contributed by atoms with Gasteiger partial charge >= 0.3 is 20.1 Å². The summed E-state index contributed by atoms with van der Waals surface area (Å²) < 4.78 is 2.24. The molecule has 5 aromatic carbocycles. The van der Waals surface area contributed by atoms with E-state index in [9.17, 15) is 0 Å². The normalized spacial score (nSPS) is 13.9. The molecule has 0 unspecified atom stereocenters. The van der Waals surface area contributed by atoms with Crippen LogP contribution in [0.5, 0.6) is 0 Å². The first-order valence-electron chi connectivity index (χ1n) is 18.4. The van der Waals surface area contributed by atoms with E-state index in [0.717, 1.165) is 17.1 Å². The minimum absolute atomic E-state index is 0. The Kier molecular flexibility index (Phi) is 11.2. The van der Waals surface area contributed by atoms with Gasteiger partial charge in [-0.1, -0.05) is 107 Å². The van der Waals surface area contributed by atoms with Crippen LogP contribution < -0.4 is 5.01 Å². The second-order valence-electron chi connectivity index (χ2n) is 15.1. The number of rotatable bonds is 7. The molecule has 1 aliphatic carbocycles. The zero-order valence-corrected chi connectivity index (χ0v) is 34.3. The second-order valence-corrected chi connectivity index (χ2v) is 15.1. The number of hydrogen-bond donors (Lipinski definition) is 0. The number of fused-ring (bicyclic) bond motifs is 3. The minimum atomic E-state index is 0. The Labute approximate surface area is 329 Å². The number of benzene rings is 5. The molecule has 53 heavy (non-hydrogen) atoms. The van der Waals surface area contributed by atoms with Crippen LogP contribution >= 0.6 is 0 Å². The van der Waals surface area contributed by atoms with E-state index in [1.807, 2.05) is 42.4 Å².